The number of carbonyl (C=O) groups excluding carboxylic acids is 1. The molecule has 7 nitrogen and oxygen atoms in total. The van der Waals surface area contributed by atoms with Crippen molar-refractivity contribution in [3.63, 3.8) is 0 Å². The zero-order valence-electron chi connectivity index (χ0n) is 10.2. The van der Waals surface area contributed by atoms with E-state index in [-0.39, 0.29) is 12.0 Å². The van der Waals surface area contributed by atoms with Gasteiger partial charge >= 0.3 is 0 Å². The maximum Gasteiger partial charge on any atom is 0.254 e. The number of ether oxygens (including phenoxy) is 1. The molecule has 98 valence electrons. The van der Waals surface area contributed by atoms with Crippen molar-refractivity contribution in [2.75, 3.05) is 11.9 Å². The first-order chi connectivity index (χ1) is 9.33. The van der Waals surface area contributed by atoms with Crippen molar-refractivity contribution in [2.24, 2.45) is 0 Å². The zero-order chi connectivity index (χ0) is 13.1. The molecule has 1 atom stereocenters. The first-order valence-electron chi connectivity index (χ1n) is 6.06. The normalized spacial score (nSPS) is 18.4. The molecule has 0 aromatic carbocycles. The highest BCUT2D eigenvalue weighted by Crippen LogP contribution is 2.14. The van der Waals surface area contributed by atoms with Crippen LogP contribution < -0.4 is 5.32 Å². The lowest BCUT2D eigenvalue weighted by atomic mass is 10.2. The van der Waals surface area contributed by atoms with E-state index in [1.807, 2.05) is 6.07 Å². The highest BCUT2D eigenvalue weighted by Gasteiger charge is 2.23. The van der Waals surface area contributed by atoms with E-state index in [1.165, 1.54) is 6.33 Å². The molecule has 0 radical (unpaired) electrons. The fourth-order valence-corrected chi connectivity index (χ4v) is 1.93. The summed E-state index contributed by atoms with van der Waals surface area (Å²) in [6.45, 7) is 0.650. The summed E-state index contributed by atoms with van der Waals surface area (Å²) in [5.41, 5.74) is 0.785. The van der Waals surface area contributed by atoms with Crippen molar-refractivity contribution in [2.45, 2.75) is 18.9 Å². The Morgan fingerprint density at radius 3 is 3.05 bits per heavy atom. The van der Waals surface area contributed by atoms with Gasteiger partial charge in [0.05, 0.1) is 11.9 Å². The Morgan fingerprint density at radius 1 is 1.47 bits per heavy atom. The average molecular weight is 259 g/mol. The van der Waals surface area contributed by atoms with Crippen molar-refractivity contribution in [3.05, 3.63) is 31.0 Å². The second kappa shape index (κ2) is 5.15. The number of nitrogens with one attached hydrogen (secondary N) is 1. The summed E-state index contributed by atoms with van der Waals surface area (Å²) in [7, 11) is 0. The summed E-state index contributed by atoms with van der Waals surface area (Å²) < 4.78 is 6.90. The van der Waals surface area contributed by atoms with Crippen molar-refractivity contribution in [1.82, 2.24) is 19.7 Å². The minimum absolute atomic E-state index is 0.140. The maximum atomic E-state index is 11.8. The van der Waals surface area contributed by atoms with Crippen LogP contribution in [0.5, 0.6) is 0 Å². The highest BCUT2D eigenvalue weighted by molar-refractivity contribution is 5.93. The van der Waals surface area contributed by atoms with Crippen LogP contribution in [0.4, 0.5) is 5.82 Å². The van der Waals surface area contributed by atoms with E-state index >= 15 is 0 Å². The Kier molecular flexibility index (Phi) is 3.20. The molecular weight excluding hydrogens is 246 g/mol. The number of hydrogen-bond acceptors (Lipinski definition) is 5. The predicted octanol–water partition coefficient (Wildman–Crippen LogP) is 0.780. The molecule has 1 fully saturated rings. The van der Waals surface area contributed by atoms with Gasteiger partial charge in [0.1, 0.15) is 24.6 Å². The summed E-state index contributed by atoms with van der Waals surface area (Å²) in [5.74, 6) is 0.364. The SMILES string of the molecule is O=C(Nc1ccc(-n2cncn2)cn1)[C@@H]1CCCO1. The van der Waals surface area contributed by atoms with Gasteiger partial charge in [-0.3, -0.25) is 4.79 Å². The first-order valence-corrected chi connectivity index (χ1v) is 6.06. The lowest BCUT2D eigenvalue weighted by Gasteiger charge is -2.09. The number of nitrogens with zero attached hydrogens (tertiary/aromatic N) is 4. The van der Waals surface area contributed by atoms with Gasteiger partial charge in [0.2, 0.25) is 0 Å². The van der Waals surface area contributed by atoms with E-state index in [0.717, 1.165) is 18.5 Å². The summed E-state index contributed by atoms with van der Waals surface area (Å²) >= 11 is 0. The number of amides is 1. The summed E-state index contributed by atoms with van der Waals surface area (Å²) in [6, 6.07) is 3.54. The van der Waals surface area contributed by atoms with Gasteiger partial charge in [0.15, 0.2) is 0 Å². The molecule has 0 aliphatic carbocycles. The van der Waals surface area contributed by atoms with Gasteiger partial charge in [-0.25, -0.2) is 14.6 Å². The second-order valence-corrected chi connectivity index (χ2v) is 4.23. The number of anilines is 1. The van der Waals surface area contributed by atoms with Crippen LogP contribution in [-0.4, -0.2) is 38.4 Å². The summed E-state index contributed by atoms with van der Waals surface area (Å²) in [6.07, 6.45) is 6.01. The summed E-state index contributed by atoms with van der Waals surface area (Å²) in [5, 5.41) is 6.73. The van der Waals surface area contributed by atoms with E-state index < -0.39 is 0 Å². The van der Waals surface area contributed by atoms with E-state index in [1.54, 1.807) is 23.3 Å². The van der Waals surface area contributed by atoms with Crippen LogP contribution in [0.15, 0.2) is 31.0 Å². The number of aromatic nitrogens is 4. The number of rotatable bonds is 3. The Balaban J connectivity index is 1.67. The van der Waals surface area contributed by atoms with Crippen LogP contribution in [0.1, 0.15) is 12.8 Å². The molecule has 3 heterocycles. The molecule has 19 heavy (non-hydrogen) atoms. The minimum atomic E-state index is -0.350. The van der Waals surface area contributed by atoms with Crippen LogP contribution >= 0.6 is 0 Å². The quantitative estimate of drug-likeness (QED) is 0.880. The van der Waals surface area contributed by atoms with Crippen molar-refractivity contribution < 1.29 is 9.53 Å². The third-order valence-electron chi connectivity index (χ3n) is 2.90. The molecule has 0 saturated carbocycles. The zero-order valence-corrected chi connectivity index (χ0v) is 10.2. The van der Waals surface area contributed by atoms with Gasteiger partial charge in [0, 0.05) is 6.61 Å². The standard InChI is InChI=1S/C12H13N5O2/c18-12(10-2-1-5-19-10)16-11-4-3-9(6-14-11)17-8-13-7-15-17/h3-4,6-8,10H,1-2,5H2,(H,14,16,18)/t10-/m0/s1. The number of hydrogen-bond donors (Lipinski definition) is 1. The first kappa shape index (κ1) is 11.8. The van der Waals surface area contributed by atoms with Crippen LogP contribution in [0.25, 0.3) is 5.69 Å². The second-order valence-electron chi connectivity index (χ2n) is 4.23. The summed E-state index contributed by atoms with van der Waals surface area (Å²) in [4.78, 5) is 19.9. The molecule has 3 rings (SSSR count). The largest absolute Gasteiger partial charge is 0.368 e. The van der Waals surface area contributed by atoms with E-state index in [9.17, 15) is 4.79 Å². The van der Waals surface area contributed by atoms with Crippen LogP contribution in [0.2, 0.25) is 0 Å². The lowest BCUT2D eigenvalue weighted by molar-refractivity contribution is -0.124. The van der Waals surface area contributed by atoms with Gasteiger partial charge in [0.25, 0.3) is 5.91 Å². The van der Waals surface area contributed by atoms with Gasteiger partial charge in [-0.05, 0) is 25.0 Å². The van der Waals surface area contributed by atoms with E-state index in [2.05, 4.69) is 20.4 Å². The van der Waals surface area contributed by atoms with Gasteiger partial charge in [-0.15, -0.1) is 0 Å². The lowest BCUT2D eigenvalue weighted by Crippen LogP contribution is -2.27. The smallest absolute Gasteiger partial charge is 0.254 e. The average Bonchev–Trinajstić information content (AvgIpc) is 3.13. The van der Waals surface area contributed by atoms with Crippen LogP contribution in [0, 0.1) is 0 Å². The van der Waals surface area contributed by atoms with E-state index in [0.29, 0.717) is 12.4 Å². The molecule has 0 unspecified atom stereocenters. The van der Waals surface area contributed by atoms with Gasteiger partial charge in [-0.1, -0.05) is 0 Å². The maximum absolute atomic E-state index is 11.8. The van der Waals surface area contributed by atoms with E-state index in [4.69, 9.17) is 4.74 Å². The van der Waals surface area contributed by atoms with Crippen molar-refractivity contribution >= 4 is 11.7 Å². The van der Waals surface area contributed by atoms with Crippen LogP contribution in [-0.2, 0) is 9.53 Å². The molecule has 2 aromatic heterocycles. The van der Waals surface area contributed by atoms with Crippen molar-refractivity contribution in [1.29, 1.82) is 0 Å². The Labute approximate surface area is 109 Å². The third-order valence-corrected chi connectivity index (χ3v) is 2.90. The molecule has 2 aromatic rings. The molecule has 1 aliphatic heterocycles. The molecule has 7 heteroatoms. The third kappa shape index (κ3) is 2.60. The molecular formula is C12H13N5O2. The Bertz CT molecular complexity index is 546. The topological polar surface area (TPSA) is 81.9 Å². The fraction of sp³-hybridized carbons (Fsp3) is 0.333. The minimum Gasteiger partial charge on any atom is -0.368 e. The molecule has 1 amide bonds. The molecule has 1 saturated heterocycles. The van der Waals surface area contributed by atoms with Crippen LogP contribution in [0.3, 0.4) is 0 Å². The molecule has 1 N–H and O–H groups in total. The van der Waals surface area contributed by atoms with Gasteiger partial charge in [-0.2, -0.15) is 5.10 Å². The predicted molar refractivity (Wildman–Crippen MR) is 66.8 cm³/mol. The molecule has 0 bridgehead atoms. The molecule has 0 spiro atoms. The number of pyridine rings is 1. The Morgan fingerprint density at radius 2 is 2.42 bits per heavy atom. The fourth-order valence-electron chi connectivity index (χ4n) is 1.93. The number of carbonyl (C=O) groups is 1. The Hall–Kier alpha value is -2.28. The molecule has 1 aliphatic rings. The monoisotopic (exact) mass is 259 g/mol. The van der Waals surface area contributed by atoms with Crippen molar-refractivity contribution in [3.8, 4) is 5.69 Å². The highest BCUT2D eigenvalue weighted by atomic mass is 16.5. The van der Waals surface area contributed by atoms with Gasteiger partial charge < -0.3 is 10.1 Å².